The van der Waals surface area contributed by atoms with Crippen LogP contribution in [-0.2, 0) is 9.53 Å². The molecule has 3 rings (SSSR count). The highest BCUT2D eigenvalue weighted by Gasteiger charge is 2.41. The molecule has 0 aromatic carbocycles. The summed E-state index contributed by atoms with van der Waals surface area (Å²) in [6.07, 6.45) is 4.44. The topological polar surface area (TPSA) is 50.4 Å². The van der Waals surface area contributed by atoms with Crippen LogP contribution in [0.1, 0.15) is 25.7 Å². The lowest BCUT2D eigenvalue weighted by Crippen LogP contribution is -2.46. The van der Waals surface area contributed by atoms with E-state index >= 15 is 0 Å². The number of carbonyl (C=O) groups is 1. The molecule has 2 heterocycles. The highest BCUT2D eigenvalue weighted by atomic mass is 32.2. The predicted molar refractivity (Wildman–Crippen MR) is 72.7 cm³/mol. The number of ether oxygens (including phenoxy) is 1. The van der Waals surface area contributed by atoms with E-state index in [2.05, 4.69) is 10.6 Å². The second-order valence-electron chi connectivity index (χ2n) is 5.57. The average Bonchev–Trinajstić information content (AvgIpc) is 3.12. The molecule has 0 aromatic heterocycles. The Kier molecular flexibility index (Phi) is 4.11. The molecule has 2 saturated heterocycles. The summed E-state index contributed by atoms with van der Waals surface area (Å²) < 4.78 is 5.75. The fourth-order valence-electron chi connectivity index (χ4n) is 2.90. The van der Waals surface area contributed by atoms with Gasteiger partial charge in [0.25, 0.3) is 0 Å². The minimum Gasteiger partial charge on any atom is -0.376 e. The zero-order valence-electron chi connectivity index (χ0n) is 10.7. The number of nitrogens with one attached hydrogen (secondary N) is 2. The van der Waals surface area contributed by atoms with E-state index in [-0.39, 0.29) is 11.9 Å². The fraction of sp³-hybridized carbons (Fsp3) is 0.923. The summed E-state index contributed by atoms with van der Waals surface area (Å²) in [5, 5.41) is 6.59. The van der Waals surface area contributed by atoms with Gasteiger partial charge in [-0.1, -0.05) is 0 Å². The Morgan fingerprint density at radius 2 is 2.28 bits per heavy atom. The maximum absolute atomic E-state index is 12.0. The summed E-state index contributed by atoms with van der Waals surface area (Å²) in [7, 11) is 0. The van der Waals surface area contributed by atoms with Crippen molar-refractivity contribution in [3.63, 3.8) is 0 Å². The van der Waals surface area contributed by atoms with Crippen LogP contribution in [0.5, 0.6) is 0 Å². The van der Waals surface area contributed by atoms with Crippen LogP contribution in [0.2, 0.25) is 0 Å². The molecule has 5 heteroatoms. The molecule has 1 aliphatic carbocycles. The van der Waals surface area contributed by atoms with E-state index in [0.29, 0.717) is 24.5 Å². The summed E-state index contributed by atoms with van der Waals surface area (Å²) in [6.45, 7) is 1.84. The van der Waals surface area contributed by atoms with E-state index in [9.17, 15) is 4.79 Å². The van der Waals surface area contributed by atoms with E-state index in [1.165, 1.54) is 18.6 Å². The molecule has 1 saturated carbocycles. The molecule has 0 bridgehead atoms. The molecular weight excluding hydrogens is 248 g/mol. The third-order valence-corrected chi connectivity index (χ3v) is 5.13. The second kappa shape index (κ2) is 5.80. The predicted octanol–water partition coefficient (Wildman–Crippen LogP) is 0.765. The smallest absolute Gasteiger partial charge is 0.221 e. The molecule has 0 radical (unpaired) electrons. The van der Waals surface area contributed by atoms with Crippen molar-refractivity contribution in [2.24, 2.45) is 5.92 Å². The van der Waals surface area contributed by atoms with Crippen molar-refractivity contribution in [1.82, 2.24) is 10.6 Å². The van der Waals surface area contributed by atoms with Gasteiger partial charge in [0.2, 0.25) is 5.91 Å². The third-order valence-electron chi connectivity index (χ3n) is 4.00. The molecule has 4 nitrogen and oxygen atoms in total. The zero-order valence-corrected chi connectivity index (χ0v) is 11.5. The molecule has 2 N–H and O–H groups in total. The lowest BCUT2D eigenvalue weighted by atomic mass is 10.1. The molecule has 1 amide bonds. The maximum Gasteiger partial charge on any atom is 0.221 e. The van der Waals surface area contributed by atoms with Crippen molar-refractivity contribution >= 4 is 17.7 Å². The summed E-state index contributed by atoms with van der Waals surface area (Å²) >= 11 is 1.94. The van der Waals surface area contributed by atoms with Crippen molar-refractivity contribution < 1.29 is 9.53 Å². The van der Waals surface area contributed by atoms with E-state index in [4.69, 9.17) is 4.74 Å². The first-order valence-corrected chi connectivity index (χ1v) is 8.20. The molecule has 3 atom stereocenters. The monoisotopic (exact) mass is 270 g/mol. The zero-order chi connectivity index (χ0) is 12.4. The van der Waals surface area contributed by atoms with E-state index in [0.717, 1.165) is 25.3 Å². The lowest BCUT2D eigenvalue weighted by Gasteiger charge is -2.24. The first kappa shape index (κ1) is 12.8. The van der Waals surface area contributed by atoms with Crippen molar-refractivity contribution in [1.29, 1.82) is 0 Å². The van der Waals surface area contributed by atoms with Crippen LogP contribution in [0.4, 0.5) is 0 Å². The Hall–Kier alpha value is -0.260. The van der Waals surface area contributed by atoms with Gasteiger partial charge in [0, 0.05) is 37.1 Å². The SMILES string of the molecule is O=C(CC1CSCCN1)NC1CCOC1C1CC1. The van der Waals surface area contributed by atoms with Gasteiger partial charge in [-0.2, -0.15) is 11.8 Å². The van der Waals surface area contributed by atoms with Crippen LogP contribution >= 0.6 is 11.8 Å². The largest absolute Gasteiger partial charge is 0.376 e. The van der Waals surface area contributed by atoms with Crippen LogP contribution in [0, 0.1) is 5.92 Å². The van der Waals surface area contributed by atoms with E-state index < -0.39 is 0 Å². The normalized spacial score (nSPS) is 36.6. The third kappa shape index (κ3) is 3.19. The van der Waals surface area contributed by atoms with Gasteiger partial charge in [-0.05, 0) is 25.2 Å². The molecule has 3 fully saturated rings. The molecule has 0 aromatic rings. The first-order valence-electron chi connectivity index (χ1n) is 7.05. The summed E-state index contributed by atoms with van der Waals surface area (Å²) in [4.78, 5) is 12.0. The van der Waals surface area contributed by atoms with Crippen molar-refractivity contribution in [2.45, 2.75) is 43.9 Å². The van der Waals surface area contributed by atoms with Gasteiger partial charge in [-0.3, -0.25) is 4.79 Å². The molecule has 102 valence electrons. The average molecular weight is 270 g/mol. The van der Waals surface area contributed by atoms with Gasteiger partial charge >= 0.3 is 0 Å². The van der Waals surface area contributed by atoms with E-state index in [1.807, 2.05) is 11.8 Å². The van der Waals surface area contributed by atoms with Crippen LogP contribution in [0.15, 0.2) is 0 Å². The quantitative estimate of drug-likeness (QED) is 0.792. The number of hydrogen-bond acceptors (Lipinski definition) is 4. The van der Waals surface area contributed by atoms with Crippen molar-refractivity contribution in [2.75, 3.05) is 24.7 Å². The molecule has 3 aliphatic rings. The van der Waals surface area contributed by atoms with Crippen molar-refractivity contribution in [3.8, 4) is 0 Å². The Morgan fingerprint density at radius 1 is 1.39 bits per heavy atom. The number of thioether (sulfide) groups is 1. The van der Waals surface area contributed by atoms with Crippen LogP contribution < -0.4 is 10.6 Å². The van der Waals surface area contributed by atoms with Gasteiger partial charge in [0.15, 0.2) is 0 Å². The van der Waals surface area contributed by atoms with Crippen LogP contribution in [0.25, 0.3) is 0 Å². The maximum atomic E-state index is 12.0. The van der Waals surface area contributed by atoms with Gasteiger partial charge in [0.1, 0.15) is 0 Å². The van der Waals surface area contributed by atoms with Gasteiger partial charge < -0.3 is 15.4 Å². The number of hydrogen-bond donors (Lipinski definition) is 2. The Morgan fingerprint density at radius 3 is 3.00 bits per heavy atom. The van der Waals surface area contributed by atoms with Gasteiger partial charge in [-0.15, -0.1) is 0 Å². The minimum absolute atomic E-state index is 0.191. The second-order valence-corrected chi connectivity index (χ2v) is 6.72. The van der Waals surface area contributed by atoms with E-state index in [1.54, 1.807) is 0 Å². The Bertz CT molecular complexity index is 303. The number of rotatable bonds is 4. The molecule has 3 unspecified atom stereocenters. The minimum atomic E-state index is 0.191. The summed E-state index contributed by atoms with van der Waals surface area (Å²) in [5.41, 5.74) is 0. The lowest BCUT2D eigenvalue weighted by molar-refractivity contribution is -0.122. The molecule has 18 heavy (non-hydrogen) atoms. The highest BCUT2D eigenvalue weighted by molar-refractivity contribution is 7.99. The molecular formula is C13H22N2O2S. The molecule has 0 spiro atoms. The van der Waals surface area contributed by atoms with Gasteiger partial charge in [-0.25, -0.2) is 0 Å². The number of carbonyl (C=O) groups excluding carboxylic acids is 1. The summed E-state index contributed by atoms with van der Waals surface area (Å²) in [6, 6.07) is 0.617. The Labute approximate surface area is 113 Å². The summed E-state index contributed by atoms with van der Waals surface area (Å²) in [5.74, 6) is 3.12. The first-order chi connectivity index (χ1) is 8.83. The van der Waals surface area contributed by atoms with Gasteiger partial charge in [0.05, 0.1) is 12.1 Å². The number of amides is 1. The van der Waals surface area contributed by atoms with Crippen LogP contribution in [0.3, 0.4) is 0 Å². The Balaban J connectivity index is 1.44. The standard InChI is InChI=1S/C13H22N2O2S/c16-12(7-10-8-18-6-4-14-10)15-11-3-5-17-13(11)9-1-2-9/h9-11,13-14H,1-8H2,(H,15,16). The highest BCUT2D eigenvalue weighted by Crippen LogP contribution is 2.38. The van der Waals surface area contributed by atoms with Crippen LogP contribution in [-0.4, -0.2) is 48.8 Å². The van der Waals surface area contributed by atoms with Crippen molar-refractivity contribution in [3.05, 3.63) is 0 Å². The molecule has 2 aliphatic heterocycles. The fourth-order valence-corrected chi connectivity index (χ4v) is 3.84.